The molecule has 4 nitrogen and oxygen atoms in total. The Hall–Kier alpha value is -0.470. The third-order valence-electron chi connectivity index (χ3n) is 1.72. The Labute approximate surface area is 110 Å². The van der Waals surface area contributed by atoms with Crippen LogP contribution in [0.15, 0.2) is 18.2 Å². The normalized spacial score (nSPS) is 10.1. The maximum atomic E-state index is 10.5. The number of phenols is 1. The highest BCUT2D eigenvalue weighted by Gasteiger charge is 2.03. The number of ether oxygens (including phenoxy) is 2. The van der Waals surface area contributed by atoms with Gasteiger partial charge in [0.05, 0.1) is 6.61 Å². The van der Waals surface area contributed by atoms with E-state index in [0.717, 1.165) is 5.75 Å². The molecule has 1 N–H and O–H groups in total. The first-order valence-electron chi connectivity index (χ1n) is 4.50. The van der Waals surface area contributed by atoms with Crippen LogP contribution in [0.5, 0.6) is 11.5 Å². The fraction of sp³-hybridized carbons (Fsp3) is 0.300. The SMILES string of the molecule is O=Cc1ccc(O)c(OCOCCSI)c1. The lowest BCUT2D eigenvalue weighted by Crippen LogP contribution is -2.05. The van der Waals surface area contributed by atoms with Gasteiger partial charge in [0.15, 0.2) is 18.3 Å². The molecule has 6 heteroatoms. The van der Waals surface area contributed by atoms with Gasteiger partial charge in [0.1, 0.15) is 6.29 Å². The Balaban J connectivity index is 2.43. The first-order chi connectivity index (χ1) is 7.77. The number of benzene rings is 1. The van der Waals surface area contributed by atoms with Crippen LogP contribution in [-0.2, 0) is 4.74 Å². The lowest BCUT2D eigenvalue weighted by Gasteiger charge is -2.08. The van der Waals surface area contributed by atoms with Crippen LogP contribution in [0.1, 0.15) is 10.4 Å². The van der Waals surface area contributed by atoms with E-state index in [-0.39, 0.29) is 18.3 Å². The van der Waals surface area contributed by atoms with Crippen molar-refractivity contribution in [2.24, 2.45) is 0 Å². The lowest BCUT2D eigenvalue weighted by molar-refractivity contribution is 0.0223. The number of rotatable bonds is 7. The Morgan fingerprint density at radius 2 is 2.31 bits per heavy atom. The van der Waals surface area contributed by atoms with Crippen molar-refractivity contribution in [1.29, 1.82) is 0 Å². The molecule has 16 heavy (non-hydrogen) atoms. The van der Waals surface area contributed by atoms with E-state index in [1.807, 2.05) is 0 Å². The highest BCUT2D eigenvalue weighted by molar-refractivity contribution is 14.2. The molecule has 0 aromatic heterocycles. The molecule has 0 atom stereocenters. The van der Waals surface area contributed by atoms with Crippen molar-refractivity contribution in [3.8, 4) is 11.5 Å². The van der Waals surface area contributed by atoms with Gasteiger partial charge in [-0.2, -0.15) is 0 Å². The van der Waals surface area contributed by atoms with Gasteiger partial charge in [-0.15, -0.1) is 0 Å². The minimum absolute atomic E-state index is 0.00235. The van der Waals surface area contributed by atoms with Gasteiger partial charge >= 0.3 is 0 Å². The second-order valence-corrected chi connectivity index (χ2v) is 5.32. The maximum absolute atomic E-state index is 10.5. The molecule has 0 heterocycles. The van der Waals surface area contributed by atoms with Crippen molar-refractivity contribution in [2.75, 3.05) is 19.2 Å². The van der Waals surface area contributed by atoms with E-state index in [1.165, 1.54) is 18.2 Å². The second-order valence-electron chi connectivity index (χ2n) is 2.83. The quantitative estimate of drug-likeness (QED) is 0.353. The molecule has 0 spiro atoms. The average Bonchev–Trinajstić information content (AvgIpc) is 2.31. The van der Waals surface area contributed by atoms with Crippen molar-refractivity contribution in [3.63, 3.8) is 0 Å². The summed E-state index contributed by atoms with van der Waals surface area (Å²) >= 11 is 2.18. The molecule has 0 bridgehead atoms. The van der Waals surface area contributed by atoms with Crippen LogP contribution in [0.3, 0.4) is 0 Å². The standard InChI is InChI=1S/C10H11IO4S/c11-16-4-3-14-7-15-10-5-8(6-12)1-2-9(10)13/h1-2,5-6,13H,3-4,7H2. The summed E-state index contributed by atoms with van der Waals surface area (Å²) < 4.78 is 10.3. The van der Waals surface area contributed by atoms with Crippen molar-refractivity contribution >= 4 is 36.4 Å². The Morgan fingerprint density at radius 3 is 3.00 bits per heavy atom. The summed E-state index contributed by atoms with van der Waals surface area (Å²) in [6.07, 6.45) is 0.694. The van der Waals surface area contributed by atoms with E-state index < -0.39 is 0 Å². The predicted octanol–water partition coefficient (Wildman–Crippen LogP) is 2.64. The minimum atomic E-state index is -0.00235. The average molecular weight is 354 g/mol. The van der Waals surface area contributed by atoms with Crippen molar-refractivity contribution < 1.29 is 19.4 Å². The molecule has 0 unspecified atom stereocenters. The first kappa shape index (κ1) is 13.6. The fourth-order valence-corrected chi connectivity index (χ4v) is 1.69. The number of aromatic hydroxyl groups is 1. The van der Waals surface area contributed by atoms with Crippen LogP contribution < -0.4 is 4.74 Å². The van der Waals surface area contributed by atoms with Crippen molar-refractivity contribution in [2.45, 2.75) is 0 Å². The van der Waals surface area contributed by atoms with E-state index in [0.29, 0.717) is 18.5 Å². The third kappa shape index (κ3) is 4.58. The van der Waals surface area contributed by atoms with Gasteiger partial charge in [-0.25, -0.2) is 0 Å². The van der Waals surface area contributed by atoms with Gasteiger partial charge in [-0.3, -0.25) is 4.79 Å². The molecule has 0 aliphatic rings. The topological polar surface area (TPSA) is 55.8 Å². The number of carbonyl (C=O) groups excluding carboxylic acids is 1. The summed E-state index contributed by atoms with van der Waals surface area (Å²) in [7, 11) is 1.65. The van der Waals surface area contributed by atoms with Crippen molar-refractivity contribution in [1.82, 2.24) is 0 Å². The fourth-order valence-electron chi connectivity index (χ4n) is 0.974. The monoisotopic (exact) mass is 354 g/mol. The molecule has 0 aliphatic heterocycles. The summed E-state index contributed by atoms with van der Waals surface area (Å²) in [6.45, 7) is 0.648. The van der Waals surface area contributed by atoms with Gasteiger partial charge in [-0.1, -0.05) is 8.93 Å². The molecule has 1 aromatic rings. The highest BCUT2D eigenvalue weighted by Crippen LogP contribution is 2.26. The van der Waals surface area contributed by atoms with Gasteiger partial charge in [0.25, 0.3) is 0 Å². The lowest BCUT2D eigenvalue weighted by atomic mass is 10.2. The van der Waals surface area contributed by atoms with E-state index in [4.69, 9.17) is 9.47 Å². The van der Waals surface area contributed by atoms with Gasteiger partial charge in [-0.05, 0) is 39.4 Å². The predicted molar refractivity (Wildman–Crippen MR) is 71.4 cm³/mol. The first-order valence-corrected chi connectivity index (χ1v) is 8.03. The highest BCUT2D eigenvalue weighted by atomic mass is 127. The van der Waals surface area contributed by atoms with Crippen LogP contribution in [0, 0.1) is 0 Å². The summed E-state index contributed by atoms with van der Waals surface area (Å²) in [5, 5.41) is 9.43. The number of aldehydes is 1. The summed E-state index contributed by atoms with van der Waals surface area (Å²) in [4.78, 5) is 10.5. The number of phenolic OH excluding ortho intramolecular Hbond substituents is 1. The molecule has 0 radical (unpaired) electrons. The van der Waals surface area contributed by atoms with Crippen molar-refractivity contribution in [3.05, 3.63) is 23.8 Å². The zero-order chi connectivity index (χ0) is 11.8. The molecule has 0 amide bonds. The maximum Gasteiger partial charge on any atom is 0.189 e. The smallest absolute Gasteiger partial charge is 0.189 e. The molecule has 1 aromatic carbocycles. The molecule has 0 saturated heterocycles. The van der Waals surface area contributed by atoms with Crippen LogP contribution >= 0.6 is 30.1 Å². The van der Waals surface area contributed by atoms with Crippen LogP contribution in [-0.4, -0.2) is 30.5 Å². The van der Waals surface area contributed by atoms with E-state index in [9.17, 15) is 9.90 Å². The Bertz CT molecular complexity index is 346. The molecular weight excluding hydrogens is 343 g/mol. The largest absolute Gasteiger partial charge is 0.504 e. The number of carbonyl (C=O) groups is 1. The molecule has 0 aliphatic carbocycles. The van der Waals surface area contributed by atoms with Crippen LogP contribution in [0.4, 0.5) is 0 Å². The van der Waals surface area contributed by atoms with E-state index in [1.54, 1.807) is 8.93 Å². The molecular formula is C10H11IO4S. The zero-order valence-electron chi connectivity index (χ0n) is 8.39. The van der Waals surface area contributed by atoms with E-state index >= 15 is 0 Å². The number of hydrogen-bond donors (Lipinski definition) is 1. The van der Waals surface area contributed by atoms with Gasteiger partial charge in [0.2, 0.25) is 0 Å². The molecule has 1 rings (SSSR count). The number of halogens is 1. The van der Waals surface area contributed by atoms with Crippen LogP contribution in [0.25, 0.3) is 0 Å². The minimum Gasteiger partial charge on any atom is -0.504 e. The summed E-state index contributed by atoms with van der Waals surface area (Å²) in [6, 6.07) is 4.40. The molecule has 0 fully saturated rings. The summed E-state index contributed by atoms with van der Waals surface area (Å²) in [5.41, 5.74) is 0.454. The van der Waals surface area contributed by atoms with Crippen LogP contribution in [0.2, 0.25) is 0 Å². The molecule has 0 saturated carbocycles. The third-order valence-corrected chi connectivity index (χ3v) is 3.36. The van der Waals surface area contributed by atoms with Gasteiger partial charge in [0, 0.05) is 11.3 Å². The van der Waals surface area contributed by atoms with Gasteiger partial charge < -0.3 is 14.6 Å². The number of hydrogen-bond acceptors (Lipinski definition) is 5. The Morgan fingerprint density at radius 1 is 1.50 bits per heavy atom. The summed E-state index contributed by atoms with van der Waals surface area (Å²) in [5.74, 6) is 1.13. The van der Waals surface area contributed by atoms with E-state index in [2.05, 4.69) is 21.2 Å². The molecule has 88 valence electrons. The zero-order valence-corrected chi connectivity index (χ0v) is 11.4. The Kier molecular flexibility index (Phi) is 6.58. The second kappa shape index (κ2) is 7.75.